The number of fused-ring (bicyclic) bond motifs is 1. The zero-order chi connectivity index (χ0) is 21.4. The first-order valence-corrected chi connectivity index (χ1v) is 9.47. The molecule has 3 aromatic rings. The number of ether oxygens (including phenoxy) is 1. The van der Waals surface area contributed by atoms with Crippen LogP contribution in [0.2, 0.25) is 5.02 Å². The summed E-state index contributed by atoms with van der Waals surface area (Å²) >= 11 is 6.26. The minimum absolute atomic E-state index is 0.0164. The van der Waals surface area contributed by atoms with Crippen molar-refractivity contribution < 1.29 is 18.3 Å². The smallest absolute Gasteiger partial charge is 0.333 e. The van der Waals surface area contributed by atoms with Crippen molar-refractivity contribution in [3.05, 3.63) is 36.3 Å². The normalized spacial score (nSPS) is 18.9. The highest BCUT2D eigenvalue weighted by molar-refractivity contribution is 6.35. The van der Waals surface area contributed by atoms with Crippen LogP contribution in [0.3, 0.4) is 0 Å². The zero-order valence-electron chi connectivity index (χ0n) is 15.8. The number of carbonyl (C=O) groups is 1. The van der Waals surface area contributed by atoms with Crippen LogP contribution in [0.25, 0.3) is 11.0 Å². The lowest BCUT2D eigenvalue weighted by Gasteiger charge is -2.19. The van der Waals surface area contributed by atoms with Crippen molar-refractivity contribution in [2.24, 2.45) is 0 Å². The van der Waals surface area contributed by atoms with E-state index in [1.54, 1.807) is 11.1 Å². The second-order valence-corrected chi connectivity index (χ2v) is 7.25. The third-order valence-electron chi connectivity index (χ3n) is 4.78. The van der Waals surface area contributed by atoms with E-state index in [0.717, 1.165) is 6.20 Å². The summed E-state index contributed by atoms with van der Waals surface area (Å²) in [6.45, 7) is 3.07. The second kappa shape index (κ2) is 7.90. The predicted molar refractivity (Wildman–Crippen MR) is 106 cm³/mol. The monoisotopic (exact) mass is 437 g/mol. The fourth-order valence-electron chi connectivity index (χ4n) is 3.39. The summed E-state index contributed by atoms with van der Waals surface area (Å²) in [7, 11) is 0. The van der Waals surface area contributed by atoms with Gasteiger partial charge in [0.25, 0.3) is 0 Å². The average molecular weight is 438 g/mol. The van der Waals surface area contributed by atoms with Crippen LogP contribution in [0, 0.1) is 0 Å². The highest BCUT2D eigenvalue weighted by Gasteiger charge is 2.33. The van der Waals surface area contributed by atoms with Crippen LogP contribution in [0.1, 0.15) is 19.9 Å². The third kappa shape index (κ3) is 3.80. The Labute approximate surface area is 174 Å². The van der Waals surface area contributed by atoms with Gasteiger partial charge in [0, 0.05) is 18.7 Å². The van der Waals surface area contributed by atoms with Crippen LogP contribution in [0.4, 0.5) is 20.4 Å². The minimum atomic E-state index is -2.75. The van der Waals surface area contributed by atoms with Gasteiger partial charge in [-0.25, -0.2) is 4.68 Å². The first kappa shape index (κ1) is 20.1. The Morgan fingerprint density at radius 1 is 1.50 bits per heavy atom. The van der Waals surface area contributed by atoms with Crippen LogP contribution in [-0.2, 0) is 4.79 Å². The average Bonchev–Trinajstić information content (AvgIpc) is 3.41. The number of halogens is 3. The van der Waals surface area contributed by atoms with Gasteiger partial charge in [-0.15, -0.1) is 0 Å². The number of anilines is 2. The van der Waals surface area contributed by atoms with Crippen molar-refractivity contribution in [1.82, 2.24) is 29.6 Å². The van der Waals surface area contributed by atoms with Crippen molar-refractivity contribution in [3.8, 4) is 5.88 Å². The van der Waals surface area contributed by atoms with Crippen LogP contribution < -0.4 is 10.1 Å². The molecule has 0 radical (unpaired) electrons. The molecule has 30 heavy (non-hydrogen) atoms. The number of nitrogens with one attached hydrogen (secondary N) is 2. The van der Waals surface area contributed by atoms with E-state index in [0.29, 0.717) is 33.7 Å². The molecule has 3 aromatic heterocycles. The van der Waals surface area contributed by atoms with Crippen molar-refractivity contribution in [3.63, 3.8) is 0 Å². The second-order valence-electron chi connectivity index (χ2n) is 6.84. The number of aromatic amines is 1. The van der Waals surface area contributed by atoms with Crippen LogP contribution in [-0.4, -0.2) is 54.2 Å². The Hall–Kier alpha value is -3.21. The first-order chi connectivity index (χ1) is 14.4. The largest absolute Gasteiger partial charge is 0.472 e. The number of amides is 1. The molecule has 2 N–H and O–H groups in total. The van der Waals surface area contributed by atoms with Gasteiger partial charge in [0.05, 0.1) is 35.0 Å². The number of H-pyrrole nitrogens is 1. The van der Waals surface area contributed by atoms with E-state index in [4.69, 9.17) is 16.3 Å². The van der Waals surface area contributed by atoms with Crippen molar-refractivity contribution in [1.29, 1.82) is 0 Å². The van der Waals surface area contributed by atoms with Gasteiger partial charge in [0.1, 0.15) is 11.8 Å². The lowest BCUT2D eigenvalue weighted by Crippen LogP contribution is -2.33. The summed E-state index contributed by atoms with van der Waals surface area (Å²) in [5.74, 6) is 0.175. The van der Waals surface area contributed by atoms with E-state index in [9.17, 15) is 13.6 Å². The molecule has 0 aromatic carbocycles. The summed E-state index contributed by atoms with van der Waals surface area (Å²) in [4.78, 5) is 25.3. The number of aromatic nitrogens is 5. The topological polar surface area (TPSA) is 101 Å². The molecule has 0 spiro atoms. The molecule has 0 bridgehead atoms. The predicted octanol–water partition coefficient (Wildman–Crippen LogP) is 3.50. The molecule has 1 aliphatic rings. The lowest BCUT2D eigenvalue weighted by molar-refractivity contribution is -0.126. The summed E-state index contributed by atoms with van der Waals surface area (Å²) in [6.07, 6.45) is 5.50. The number of hydrogen-bond donors (Lipinski definition) is 2. The highest BCUT2D eigenvalue weighted by Crippen LogP contribution is 2.33. The molecule has 1 aliphatic heterocycles. The summed E-state index contributed by atoms with van der Waals surface area (Å²) in [5, 5.41) is 7.27. The van der Waals surface area contributed by atoms with Gasteiger partial charge in [-0.2, -0.15) is 23.8 Å². The minimum Gasteiger partial charge on any atom is -0.472 e. The van der Waals surface area contributed by atoms with E-state index in [2.05, 4.69) is 31.9 Å². The van der Waals surface area contributed by atoms with Crippen LogP contribution >= 0.6 is 11.6 Å². The molecule has 0 unspecified atom stereocenters. The molecule has 1 saturated heterocycles. The Bertz CT molecular complexity index is 1100. The number of carbonyl (C=O) groups excluding carboxylic acids is 1. The van der Waals surface area contributed by atoms with Crippen LogP contribution in [0.15, 0.2) is 31.2 Å². The van der Waals surface area contributed by atoms with E-state index in [-0.39, 0.29) is 35.6 Å². The molecule has 1 amide bonds. The van der Waals surface area contributed by atoms with E-state index < -0.39 is 6.55 Å². The molecule has 2 atom stereocenters. The number of likely N-dealkylation sites (tertiary alicyclic amines) is 1. The van der Waals surface area contributed by atoms with Gasteiger partial charge in [0.15, 0.2) is 0 Å². The van der Waals surface area contributed by atoms with Gasteiger partial charge in [-0.05, 0) is 13.0 Å². The Morgan fingerprint density at radius 2 is 2.30 bits per heavy atom. The molecule has 12 heteroatoms. The SMILES string of the molecule is C=CC(=O)N1C[C@H](Oc2nc(Nc3cnn(C(F)F)c3)nc3[nH]cc(Cl)c23)C[C@@H]1C. The maximum absolute atomic E-state index is 12.7. The lowest BCUT2D eigenvalue weighted by atomic mass is 10.2. The fraction of sp³-hybridized carbons (Fsp3) is 0.333. The highest BCUT2D eigenvalue weighted by atomic mass is 35.5. The number of nitrogens with zero attached hydrogens (tertiary/aromatic N) is 5. The van der Waals surface area contributed by atoms with Crippen molar-refractivity contribution in [2.45, 2.75) is 32.0 Å². The van der Waals surface area contributed by atoms with Gasteiger partial charge >= 0.3 is 6.55 Å². The molecule has 158 valence electrons. The maximum atomic E-state index is 12.7. The Morgan fingerprint density at radius 3 is 3.00 bits per heavy atom. The van der Waals surface area contributed by atoms with Gasteiger partial charge in [-0.3, -0.25) is 4.79 Å². The Kier molecular flexibility index (Phi) is 5.29. The number of rotatable bonds is 6. The molecular weight excluding hydrogens is 420 g/mol. The Balaban J connectivity index is 1.61. The molecule has 0 aliphatic carbocycles. The molecule has 0 saturated carbocycles. The van der Waals surface area contributed by atoms with E-state index in [1.807, 2.05) is 6.92 Å². The molecule has 1 fully saturated rings. The summed E-state index contributed by atoms with van der Waals surface area (Å²) in [6, 6.07) is -0.0164. The summed E-state index contributed by atoms with van der Waals surface area (Å²) < 4.78 is 32.1. The maximum Gasteiger partial charge on any atom is 0.333 e. The van der Waals surface area contributed by atoms with Gasteiger partial charge in [0.2, 0.25) is 17.7 Å². The fourth-order valence-corrected chi connectivity index (χ4v) is 3.62. The van der Waals surface area contributed by atoms with E-state index in [1.165, 1.54) is 12.3 Å². The molecular formula is C18H18ClF2N7O2. The van der Waals surface area contributed by atoms with Crippen molar-refractivity contribution >= 4 is 40.2 Å². The third-order valence-corrected chi connectivity index (χ3v) is 5.08. The van der Waals surface area contributed by atoms with Crippen molar-refractivity contribution in [2.75, 3.05) is 11.9 Å². The number of hydrogen-bond acceptors (Lipinski definition) is 6. The first-order valence-electron chi connectivity index (χ1n) is 9.09. The molecule has 9 nitrogen and oxygen atoms in total. The zero-order valence-corrected chi connectivity index (χ0v) is 16.6. The number of alkyl halides is 2. The summed E-state index contributed by atoms with van der Waals surface area (Å²) in [5.41, 5.74) is 0.703. The van der Waals surface area contributed by atoms with Gasteiger partial charge in [-0.1, -0.05) is 18.2 Å². The standard InChI is InChI=1S/C18H18ClF2N7O2/c1-3-13(29)27-8-11(4-9(27)2)30-16-14-12(19)6-22-15(14)25-18(26-16)24-10-5-23-28(7-10)17(20)21/h3,5-7,9,11,17H,1,4,8H2,2H3,(H2,22,24,25,26)/t9-,11+/m0/s1. The van der Waals surface area contributed by atoms with Gasteiger partial charge < -0.3 is 19.9 Å². The molecule has 4 heterocycles. The van der Waals surface area contributed by atoms with Crippen LogP contribution in [0.5, 0.6) is 5.88 Å². The van der Waals surface area contributed by atoms with E-state index >= 15 is 0 Å². The molecule has 4 rings (SSSR count). The quantitative estimate of drug-likeness (QED) is 0.572.